The smallest absolute Gasteiger partial charge is 0.338 e. The van der Waals surface area contributed by atoms with Crippen LogP contribution in [0.25, 0.3) is 0 Å². The Bertz CT molecular complexity index is 1060. The quantitative estimate of drug-likeness (QED) is 0.586. The van der Waals surface area contributed by atoms with Crippen LogP contribution < -0.4 is 20.3 Å². The molecule has 0 aliphatic carbocycles. The van der Waals surface area contributed by atoms with Crippen molar-refractivity contribution in [2.75, 3.05) is 51.3 Å². The van der Waals surface area contributed by atoms with Gasteiger partial charge in [-0.3, -0.25) is 4.90 Å². The second-order valence-corrected chi connectivity index (χ2v) is 8.60. The summed E-state index contributed by atoms with van der Waals surface area (Å²) in [6.45, 7) is 5.65. The van der Waals surface area contributed by atoms with Gasteiger partial charge in [0.1, 0.15) is 5.75 Å². The highest BCUT2D eigenvalue weighted by molar-refractivity contribution is 6.30. The zero-order valence-electron chi connectivity index (χ0n) is 19.3. The molecule has 0 radical (unpaired) electrons. The number of carbonyl (C=O) groups excluding carboxylic acids is 2. The fourth-order valence-corrected chi connectivity index (χ4v) is 4.48. The first-order valence-electron chi connectivity index (χ1n) is 11.3. The van der Waals surface area contributed by atoms with Gasteiger partial charge in [0.2, 0.25) is 0 Å². The zero-order chi connectivity index (χ0) is 24.1. The van der Waals surface area contributed by atoms with Gasteiger partial charge in [-0.1, -0.05) is 29.8 Å². The lowest BCUT2D eigenvalue weighted by molar-refractivity contribution is -0.139. The van der Waals surface area contributed by atoms with Gasteiger partial charge in [0.15, 0.2) is 0 Å². The Kier molecular flexibility index (Phi) is 7.59. The van der Waals surface area contributed by atoms with Crippen molar-refractivity contribution in [2.24, 2.45) is 0 Å². The minimum atomic E-state index is -0.610. The Balaban J connectivity index is 1.55. The van der Waals surface area contributed by atoms with E-state index in [0.29, 0.717) is 28.6 Å². The first-order valence-corrected chi connectivity index (χ1v) is 11.7. The lowest BCUT2D eigenvalue weighted by atomic mass is 9.94. The number of halogens is 1. The second-order valence-electron chi connectivity index (χ2n) is 8.16. The molecule has 2 aromatic rings. The molecule has 2 aliphatic rings. The SMILES string of the molecule is CCOC(=O)C1=C(CN2CCN(c3cccc(Cl)c3)CC2)NC(=O)N[C@H]1c1ccc(OC)cc1. The van der Waals surface area contributed by atoms with Gasteiger partial charge in [-0.05, 0) is 42.8 Å². The Morgan fingerprint density at radius 2 is 1.85 bits per heavy atom. The van der Waals surface area contributed by atoms with Crippen molar-refractivity contribution in [3.05, 3.63) is 70.4 Å². The van der Waals surface area contributed by atoms with Crippen LogP contribution in [-0.2, 0) is 9.53 Å². The third-order valence-corrected chi connectivity index (χ3v) is 6.26. The molecule has 4 rings (SSSR count). The maximum atomic E-state index is 13.0. The predicted octanol–water partition coefficient (Wildman–Crippen LogP) is 3.34. The lowest BCUT2D eigenvalue weighted by Crippen LogP contribution is -2.51. The minimum absolute atomic E-state index is 0.247. The zero-order valence-corrected chi connectivity index (χ0v) is 20.1. The number of nitrogens with zero attached hydrogens (tertiary/aromatic N) is 2. The second kappa shape index (κ2) is 10.8. The van der Waals surface area contributed by atoms with Crippen LogP contribution >= 0.6 is 11.6 Å². The van der Waals surface area contributed by atoms with Crippen LogP contribution in [-0.4, -0.2) is 63.3 Å². The van der Waals surface area contributed by atoms with Crippen LogP contribution in [0.2, 0.25) is 5.02 Å². The molecule has 9 heteroatoms. The Morgan fingerprint density at radius 3 is 2.50 bits per heavy atom. The van der Waals surface area contributed by atoms with E-state index in [1.807, 2.05) is 30.3 Å². The summed E-state index contributed by atoms with van der Waals surface area (Å²) < 4.78 is 10.6. The number of amides is 2. The number of methoxy groups -OCH3 is 1. The molecule has 0 saturated carbocycles. The Morgan fingerprint density at radius 1 is 1.12 bits per heavy atom. The highest BCUT2D eigenvalue weighted by Gasteiger charge is 2.34. The van der Waals surface area contributed by atoms with E-state index in [1.165, 1.54) is 0 Å². The molecule has 2 aromatic carbocycles. The van der Waals surface area contributed by atoms with Gasteiger partial charge in [-0.2, -0.15) is 0 Å². The molecule has 34 heavy (non-hydrogen) atoms. The van der Waals surface area contributed by atoms with E-state index in [-0.39, 0.29) is 12.6 Å². The van der Waals surface area contributed by atoms with Crippen molar-refractivity contribution >= 4 is 29.3 Å². The summed E-state index contributed by atoms with van der Waals surface area (Å²) in [5.74, 6) is 0.256. The van der Waals surface area contributed by atoms with Crippen molar-refractivity contribution in [1.29, 1.82) is 0 Å². The number of ether oxygens (including phenoxy) is 2. The number of urea groups is 1. The largest absolute Gasteiger partial charge is 0.497 e. The van der Waals surface area contributed by atoms with Crippen molar-refractivity contribution in [1.82, 2.24) is 15.5 Å². The van der Waals surface area contributed by atoms with Crippen LogP contribution in [0.3, 0.4) is 0 Å². The molecule has 0 bridgehead atoms. The summed E-state index contributed by atoms with van der Waals surface area (Å²) >= 11 is 6.15. The molecule has 2 aliphatic heterocycles. The van der Waals surface area contributed by atoms with Gasteiger partial charge in [0.05, 0.1) is 25.3 Å². The molecule has 2 N–H and O–H groups in total. The number of rotatable bonds is 7. The number of piperazine rings is 1. The molecular weight excluding hydrogens is 456 g/mol. The molecule has 0 unspecified atom stereocenters. The minimum Gasteiger partial charge on any atom is -0.497 e. The fraction of sp³-hybridized carbons (Fsp3) is 0.360. The fourth-order valence-electron chi connectivity index (χ4n) is 4.30. The predicted molar refractivity (Wildman–Crippen MR) is 131 cm³/mol. The average molecular weight is 485 g/mol. The van der Waals surface area contributed by atoms with Crippen molar-refractivity contribution in [2.45, 2.75) is 13.0 Å². The molecule has 1 atom stereocenters. The van der Waals surface area contributed by atoms with E-state index in [0.717, 1.165) is 37.4 Å². The normalized spacial score (nSPS) is 18.9. The van der Waals surface area contributed by atoms with Crippen molar-refractivity contribution in [3.63, 3.8) is 0 Å². The van der Waals surface area contributed by atoms with Crippen LogP contribution in [0, 0.1) is 0 Å². The third-order valence-electron chi connectivity index (χ3n) is 6.03. The van der Waals surface area contributed by atoms with Gasteiger partial charge in [0, 0.05) is 49.1 Å². The summed E-state index contributed by atoms with van der Waals surface area (Å²) in [5.41, 5.74) is 2.86. The Labute approximate surface area is 204 Å². The van der Waals surface area contributed by atoms with E-state index < -0.39 is 12.0 Å². The van der Waals surface area contributed by atoms with E-state index in [2.05, 4.69) is 26.5 Å². The molecule has 2 heterocycles. The summed E-state index contributed by atoms with van der Waals surface area (Å²) in [7, 11) is 1.59. The standard InChI is InChI=1S/C25H29ClN4O4/c1-3-34-24(31)22-21(27-25(32)28-23(22)17-7-9-20(33-2)10-8-17)16-29-11-13-30(14-12-29)19-6-4-5-18(26)15-19/h4-10,15,23H,3,11-14,16H2,1-2H3,(H2,27,28,32)/t23-/m0/s1. The summed E-state index contributed by atoms with van der Waals surface area (Å²) in [6.07, 6.45) is 0. The number of hydrogen-bond donors (Lipinski definition) is 2. The lowest BCUT2D eigenvalue weighted by Gasteiger charge is -2.38. The van der Waals surface area contributed by atoms with Crippen LogP contribution in [0.4, 0.5) is 10.5 Å². The first-order chi connectivity index (χ1) is 16.5. The number of hydrogen-bond acceptors (Lipinski definition) is 6. The maximum Gasteiger partial charge on any atom is 0.338 e. The van der Waals surface area contributed by atoms with E-state index in [1.54, 1.807) is 26.2 Å². The van der Waals surface area contributed by atoms with E-state index in [4.69, 9.17) is 21.1 Å². The Hall–Kier alpha value is -3.23. The number of esters is 1. The van der Waals surface area contributed by atoms with Gasteiger partial charge in [-0.25, -0.2) is 9.59 Å². The van der Waals surface area contributed by atoms with E-state index >= 15 is 0 Å². The molecular formula is C25H29ClN4O4. The number of anilines is 1. The van der Waals surface area contributed by atoms with Crippen LogP contribution in [0.1, 0.15) is 18.5 Å². The summed E-state index contributed by atoms with van der Waals surface area (Å²) in [6, 6.07) is 14.2. The maximum absolute atomic E-state index is 13.0. The first kappa shape index (κ1) is 23.9. The van der Waals surface area contributed by atoms with Crippen molar-refractivity contribution < 1.29 is 19.1 Å². The number of benzene rings is 2. The molecule has 1 fully saturated rings. The number of carbonyl (C=O) groups is 2. The number of nitrogens with one attached hydrogen (secondary N) is 2. The van der Waals surface area contributed by atoms with Crippen LogP contribution in [0.15, 0.2) is 59.8 Å². The van der Waals surface area contributed by atoms with Gasteiger partial charge >= 0.3 is 12.0 Å². The highest BCUT2D eigenvalue weighted by atomic mass is 35.5. The van der Waals surface area contributed by atoms with Gasteiger partial charge < -0.3 is 25.0 Å². The van der Waals surface area contributed by atoms with Gasteiger partial charge in [-0.15, -0.1) is 0 Å². The molecule has 8 nitrogen and oxygen atoms in total. The molecule has 0 aromatic heterocycles. The summed E-state index contributed by atoms with van der Waals surface area (Å²) in [5, 5.41) is 6.44. The topological polar surface area (TPSA) is 83.1 Å². The molecule has 2 amide bonds. The molecule has 1 saturated heterocycles. The third kappa shape index (κ3) is 5.46. The monoisotopic (exact) mass is 484 g/mol. The van der Waals surface area contributed by atoms with Gasteiger partial charge in [0.25, 0.3) is 0 Å². The summed E-state index contributed by atoms with van der Waals surface area (Å²) in [4.78, 5) is 30.1. The van der Waals surface area contributed by atoms with E-state index in [9.17, 15) is 9.59 Å². The van der Waals surface area contributed by atoms with Crippen LogP contribution in [0.5, 0.6) is 5.75 Å². The average Bonchev–Trinajstić information content (AvgIpc) is 2.84. The molecule has 180 valence electrons. The van der Waals surface area contributed by atoms with Crippen molar-refractivity contribution in [3.8, 4) is 5.75 Å². The highest BCUT2D eigenvalue weighted by Crippen LogP contribution is 2.30. The molecule has 0 spiro atoms.